The fourth-order valence-electron chi connectivity index (χ4n) is 4.52. The molecule has 0 saturated carbocycles. The molecule has 14 heteroatoms. The second-order valence-electron chi connectivity index (χ2n) is 9.61. The maximum atomic E-state index is 14.3. The van der Waals surface area contributed by atoms with E-state index in [1.807, 2.05) is 13.8 Å². The smallest absolute Gasteiger partial charge is 0.295 e. The average Bonchev–Trinajstić information content (AvgIpc) is 3.31. The molecule has 1 aliphatic heterocycles. The van der Waals surface area contributed by atoms with E-state index >= 15 is 0 Å². The molecule has 1 saturated heterocycles. The molecule has 2 N–H and O–H groups in total. The van der Waals surface area contributed by atoms with Gasteiger partial charge in [0, 0.05) is 19.7 Å². The third kappa shape index (κ3) is 5.54. The maximum absolute atomic E-state index is 14.3. The van der Waals surface area contributed by atoms with E-state index in [9.17, 15) is 17.2 Å². The van der Waals surface area contributed by atoms with Gasteiger partial charge in [0.05, 0.1) is 40.9 Å². The Morgan fingerprint density at radius 2 is 1.82 bits per heavy atom. The average molecular weight is 573 g/mol. The van der Waals surface area contributed by atoms with Crippen molar-refractivity contribution in [3.63, 3.8) is 0 Å². The fourth-order valence-corrected chi connectivity index (χ4v) is 5.03. The summed E-state index contributed by atoms with van der Waals surface area (Å²) in [6, 6.07) is 8.40. The van der Waals surface area contributed by atoms with Crippen LogP contribution in [0.25, 0.3) is 11.2 Å². The number of hydrogen-bond acceptors (Lipinski definition) is 9. The Balaban J connectivity index is 1.69. The Labute approximate surface area is 230 Å². The number of fused-ring (bicyclic) bond motifs is 1. The van der Waals surface area contributed by atoms with Gasteiger partial charge in [-0.05, 0) is 45.2 Å². The number of anilines is 5. The molecule has 1 unspecified atom stereocenters. The van der Waals surface area contributed by atoms with Gasteiger partial charge in [0.15, 0.2) is 11.5 Å². The molecule has 0 spiro atoms. The van der Waals surface area contributed by atoms with Gasteiger partial charge in [0.1, 0.15) is 23.4 Å². The number of nitrogens with zero attached hydrogens (tertiary/aromatic N) is 6. The minimum Gasteiger partial charge on any atom is -0.358 e. The number of para-hydroxylation sites is 2. The van der Waals surface area contributed by atoms with E-state index in [1.54, 1.807) is 36.5 Å². The molecule has 0 amide bonds. The molecule has 212 valence electrons. The predicted molar refractivity (Wildman–Crippen MR) is 149 cm³/mol. The number of pyridine rings is 1. The number of aromatic nitrogens is 5. The zero-order valence-electron chi connectivity index (χ0n) is 22.5. The van der Waals surface area contributed by atoms with Crippen LogP contribution in [0.1, 0.15) is 49.1 Å². The van der Waals surface area contributed by atoms with E-state index in [2.05, 4.69) is 30.6 Å². The number of sulfonamides is 1. The Bertz CT molecular complexity index is 1660. The lowest BCUT2D eigenvalue weighted by atomic mass is 10.2. The van der Waals surface area contributed by atoms with Gasteiger partial charge in [-0.1, -0.05) is 12.1 Å². The zero-order chi connectivity index (χ0) is 28.6. The number of nitrogens with one attached hydrogen (secondary N) is 2. The summed E-state index contributed by atoms with van der Waals surface area (Å²) >= 11 is 0. The van der Waals surface area contributed by atoms with Crippen LogP contribution in [0.5, 0.6) is 0 Å². The van der Waals surface area contributed by atoms with Crippen LogP contribution in [0.3, 0.4) is 0 Å². The largest absolute Gasteiger partial charge is 0.358 e. The molecule has 1 atom stereocenters. The Hall–Kier alpha value is -3.91. The summed E-state index contributed by atoms with van der Waals surface area (Å²) in [7, 11) is -2.14. The van der Waals surface area contributed by atoms with Crippen LogP contribution in [0.2, 0.25) is 0 Å². The van der Waals surface area contributed by atoms with Crippen LogP contribution in [0.15, 0.2) is 36.5 Å². The molecule has 0 radical (unpaired) electrons. The zero-order valence-corrected chi connectivity index (χ0v) is 23.3. The third-order valence-corrected chi connectivity index (χ3v) is 7.96. The van der Waals surface area contributed by atoms with Crippen molar-refractivity contribution in [2.75, 3.05) is 34.8 Å². The Morgan fingerprint density at radius 3 is 2.50 bits per heavy atom. The quantitative estimate of drug-likeness (QED) is 0.287. The molecule has 11 nitrogen and oxygen atoms in total. The van der Waals surface area contributed by atoms with Gasteiger partial charge in [-0.15, -0.1) is 0 Å². The van der Waals surface area contributed by atoms with E-state index in [-0.39, 0.29) is 11.2 Å². The van der Waals surface area contributed by atoms with Gasteiger partial charge in [-0.3, -0.25) is 13.9 Å². The van der Waals surface area contributed by atoms with Crippen molar-refractivity contribution in [3.8, 4) is 0 Å². The number of aryl methyl sites for hydroxylation is 2. The first-order valence-corrected chi connectivity index (χ1v) is 14.6. The molecule has 0 aliphatic carbocycles. The lowest BCUT2D eigenvalue weighted by Gasteiger charge is -2.25. The molecule has 3 aromatic heterocycles. The van der Waals surface area contributed by atoms with Crippen LogP contribution in [0.4, 0.5) is 37.5 Å². The second-order valence-corrected chi connectivity index (χ2v) is 11.6. The summed E-state index contributed by atoms with van der Waals surface area (Å²) in [6.07, 6.45) is 1.33. The highest BCUT2D eigenvalue weighted by atomic mass is 32.2. The van der Waals surface area contributed by atoms with Gasteiger partial charge in [-0.2, -0.15) is 0 Å². The predicted octanol–water partition coefficient (Wildman–Crippen LogP) is 5.36. The number of hydrogen-bond donors (Lipinski definition) is 2. The second kappa shape index (κ2) is 10.9. The molecule has 1 aromatic carbocycles. The van der Waals surface area contributed by atoms with Gasteiger partial charge < -0.3 is 15.4 Å². The Morgan fingerprint density at radius 1 is 1.05 bits per heavy atom. The highest BCUT2D eigenvalue weighted by Crippen LogP contribution is 2.38. The highest BCUT2D eigenvalue weighted by Gasteiger charge is 2.29. The van der Waals surface area contributed by atoms with Crippen molar-refractivity contribution < 1.29 is 21.9 Å². The van der Waals surface area contributed by atoms with Crippen molar-refractivity contribution in [1.82, 2.24) is 24.5 Å². The first-order chi connectivity index (χ1) is 19.0. The first kappa shape index (κ1) is 27.6. The van der Waals surface area contributed by atoms with Crippen molar-refractivity contribution >= 4 is 49.9 Å². The monoisotopic (exact) mass is 572 g/mol. The van der Waals surface area contributed by atoms with Crippen molar-refractivity contribution in [2.24, 2.45) is 0 Å². The number of benzene rings is 1. The highest BCUT2D eigenvalue weighted by molar-refractivity contribution is 7.92. The van der Waals surface area contributed by atoms with Gasteiger partial charge >= 0.3 is 0 Å². The van der Waals surface area contributed by atoms with Crippen LogP contribution in [0, 0.1) is 13.8 Å². The number of halogens is 2. The van der Waals surface area contributed by atoms with Gasteiger partial charge in [-0.25, -0.2) is 32.2 Å². The molecule has 5 rings (SSSR count). The maximum Gasteiger partial charge on any atom is 0.295 e. The van der Waals surface area contributed by atoms with E-state index in [0.717, 1.165) is 34.8 Å². The van der Waals surface area contributed by atoms with Crippen molar-refractivity contribution in [3.05, 3.63) is 53.7 Å². The summed E-state index contributed by atoms with van der Waals surface area (Å²) in [6.45, 7) is 4.12. The van der Waals surface area contributed by atoms with Crippen LogP contribution < -0.4 is 14.9 Å². The van der Waals surface area contributed by atoms with Crippen molar-refractivity contribution in [2.45, 2.75) is 45.8 Å². The number of alkyl halides is 2. The molecular formula is C26H30F2N8O3S. The van der Waals surface area contributed by atoms with Crippen LogP contribution in [-0.2, 0) is 14.8 Å². The summed E-state index contributed by atoms with van der Waals surface area (Å²) in [5.74, 6) is 0.272. The molecule has 4 heterocycles. The SMILES string of the molecule is Cc1ncc(Nc2cc(Nc3ccccc3N(C)S(C)(=O)=O)c3nc(C(F)F)n(C4CCCCO4)c3n2)nc1C. The lowest BCUT2D eigenvalue weighted by molar-refractivity contribution is -0.0363. The molecule has 1 aliphatic rings. The first-order valence-electron chi connectivity index (χ1n) is 12.7. The minimum atomic E-state index is -3.58. The summed E-state index contributed by atoms with van der Waals surface area (Å²) in [4.78, 5) is 17.8. The number of imidazole rings is 1. The fraction of sp³-hybridized carbons (Fsp3) is 0.385. The molecule has 40 heavy (non-hydrogen) atoms. The summed E-state index contributed by atoms with van der Waals surface area (Å²) in [5.41, 5.74) is 3.03. The number of ether oxygens (including phenoxy) is 1. The molecule has 4 aromatic rings. The molecule has 0 bridgehead atoms. The van der Waals surface area contributed by atoms with E-state index in [1.165, 1.54) is 11.6 Å². The van der Waals surface area contributed by atoms with E-state index in [0.29, 0.717) is 41.7 Å². The number of rotatable bonds is 8. The standard InChI is InChI=1S/C26H30F2N8O3S/c1-15-16(2)30-21(14-29-15)32-20-13-18(31-17-9-5-6-10-19(17)35(3)40(4,37)38)23-25(33-20)36(26(34-23)24(27)28)22-11-7-8-12-39-22/h5-6,9-10,13-14,22,24H,7-8,11-12H2,1-4H3,(H2,30,31,32,33). The lowest BCUT2D eigenvalue weighted by Crippen LogP contribution is -2.25. The van der Waals surface area contributed by atoms with Gasteiger partial charge in [0.2, 0.25) is 10.0 Å². The molecular weight excluding hydrogens is 542 g/mol. The normalized spacial score (nSPS) is 15.9. The summed E-state index contributed by atoms with van der Waals surface area (Å²) in [5, 5.41) is 6.33. The van der Waals surface area contributed by atoms with Crippen molar-refractivity contribution in [1.29, 1.82) is 0 Å². The van der Waals surface area contributed by atoms with Crippen LogP contribution in [-0.4, -0.2) is 52.8 Å². The van der Waals surface area contributed by atoms with Crippen LogP contribution >= 0.6 is 0 Å². The van der Waals surface area contributed by atoms with E-state index in [4.69, 9.17) is 4.74 Å². The van der Waals surface area contributed by atoms with E-state index < -0.39 is 28.5 Å². The Kier molecular flexibility index (Phi) is 7.55. The molecule has 1 fully saturated rings. The summed E-state index contributed by atoms with van der Waals surface area (Å²) < 4.78 is 61.6. The third-order valence-electron chi connectivity index (χ3n) is 6.77. The van der Waals surface area contributed by atoms with Gasteiger partial charge in [0.25, 0.3) is 6.43 Å². The minimum absolute atomic E-state index is 0.193. The topological polar surface area (TPSA) is 127 Å².